The number of amides is 2. The monoisotopic (exact) mass is 467 g/mol. The Bertz CT molecular complexity index is 988. The van der Waals surface area contributed by atoms with Crippen LogP contribution < -0.4 is 10.6 Å². The van der Waals surface area contributed by atoms with E-state index in [2.05, 4.69) is 15.9 Å². The molecule has 5 rings (SSSR count). The van der Waals surface area contributed by atoms with E-state index in [9.17, 15) is 9.59 Å². The molecule has 3 aliphatic rings. The van der Waals surface area contributed by atoms with E-state index in [1.807, 2.05) is 28.5 Å². The van der Waals surface area contributed by atoms with E-state index in [0.29, 0.717) is 31.5 Å². The van der Waals surface area contributed by atoms with Crippen LogP contribution in [0.1, 0.15) is 55.3 Å². The van der Waals surface area contributed by atoms with Gasteiger partial charge in [0.25, 0.3) is 5.91 Å². The summed E-state index contributed by atoms with van der Waals surface area (Å²) in [6.45, 7) is 4.80. The van der Waals surface area contributed by atoms with Crippen molar-refractivity contribution in [3.8, 4) is 10.6 Å². The lowest BCUT2D eigenvalue weighted by Gasteiger charge is -2.48. The Kier molecular flexibility index (Phi) is 6.38. The summed E-state index contributed by atoms with van der Waals surface area (Å²) in [6.07, 6.45) is 6.89. The minimum atomic E-state index is -0.615. The molecule has 8 heteroatoms. The standard InChI is InChI=1S/C25H33N5O2S/c26-24(32)25(30-14-2-1-3-15-30)10-16-29(17-11-25)23(31)19-8-9-20(21-7-6-18-33-21)27-22(19)28-12-4-5-13-28/h6-9,18H,1-5,10-17H2,(H2,26,32). The molecule has 0 aliphatic carbocycles. The zero-order chi connectivity index (χ0) is 22.8. The molecule has 0 bridgehead atoms. The summed E-state index contributed by atoms with van der Waals surface area (Å²) in [5.74, 6) is 0.571. The molecule has 0 saturated carbocycles. The predicted octanol–water partition coefficient (Wildman–Crippen LogP) is 3.36. The van der Waals surface area contributed by atoms with Crippen LogP contribution in [-0.4, -0.2) is 71.4 Å². The molecule has 2 N–H and O–H groups in total. The topological polar surface area (TPSA) is 82.8 Å². The van der Waals surface area contributed by atoms with E-state index in [-0.39, 0.29) is 11.8 Å². The van der Waals surface area contributed by atoms with Crippen molar-refractivity contribution < 1.29 is 9.59 Å². The Morgan fingerprint density at radius 3 is 2.24 bits per heavy atom. The average molecular weight is 468 g/mol. The zero-order valence-electron chi connectivity index (χ0n) is 19.2. The van der Waals surface area contributed by atoms with Crippen LogP contribution in [0.5, 0.6) is 0 Å². The lowest BCUT2D eigenvalue weighted by molar-refractivity contribution is -0.134. The summed E-state index contributed by atoms with van der Waals surface area (Å²) < 4.78 is 0. The number of primary amides is 1. The second-order valence-corrected chi connectivity index (χ2v) is 10.4. The van der Waals surface area contributed by atoms with Crippen LogP contribution >= 0.6 is 11.3 Å². The lowest BCUT2D eigenvalue weighted by Crippen LogP contribution is -2.63. The fourth-order valence-electron chi connectivity index (χ4n) is 5.64. The van der Waals surface area contributed by atoms with Crippen LogP contribution in [-0.2, 0) is 4.79 Å². The number of rotatable bonds is 5. The average Bonchev–Trinajstić information content (AvgIpc) is 3.59. The van der Waals surface area contributed by atoms with E-state index in [0.717, 1.165) is 68.3 Å². The third-order valence-corrected chi connectivity index (χ3v) is 8.47. The number of likely N-dealkylation sites (tertiary alicyclic amines) is 2. The zero-order valence-corrected chi connectivity index (χ0v) is 20.0. The minimum absolute atomic E-state index is 0.0128. The first-order chi connectivity index (χ1) is 16.1. The van der Waals surface area contributed by atoms with Gasteiger partial charge in [-0.1, -0.05) is 12.5 Å². The molecule has 3 fully saturated rings. The molecule has 7 nitrogen and oxygen atoms in total. The maximum Gasteiger partial charge on any atom is 0.257 e. The highest BCUT2D eigenvalue weighted by Gasteiger charge is 2.46. The van der Waals surface area contributed by atoms with Crippen LogP contribution in [0.4, 0.5) is 5.82 Å². The molecule has 2 aromatic rings. The van der Waals surface area contributed by atoms with E-state index in [1.165, 1.54) is 6.42 Å². The first-order valence-corrected chi connectivity index (χ1v) is 13.1. The smallest absolute Gasteiger partial charge is 0.257 e. The van der Waals surface area contributed by atoms with Crippen LogP contribution in [0, 0.1) is 0 Å². The Hall–Kier alpha value is -2.45. The molecule has 33 heavy (non-hydrogen) atoms. The van der Waals surface area contributed by atoms with Gasteiger partial charge in [0.05, 0.1) is 16.1 Å². The number of nitrogens with zero attached hydrogens (tertiary/aromatic N) is 4. The number of aromatic nitrogens is 1. The first-order valence-electron chi connectivity index (χ1n) is 12.2. The van der Waals surface area contributed by atoms with Gasteiger partial charge in [0.15, 0.2) is 0 Å². The molecule has 2 aromatic heterocycles. The first kappa shape index (κ1) is 22.3. The molecule has 0 unspecified atom stereocenters. The molecule has 3 aliphatic heterocycles. The minimum Gasteiger partial charge on any atom is -0.368 e. The maximum atomic E-state index is 13.7. The van der Waals surface area contributed by atoms with Crippen molar-refractivity contribution in [2.24, 2.45) is 5.73 Å². The van der Waals surface area contributed by atoms with Crippen molar-refractivity contribution in [3.63, 3.8) is 0 Å². The Morgan fingerprint density at radius 2 is 1.61 bits per heavy atom. The molecule has 0 radical (unpaired) electrons. The Balaban J connectivity index is 1.38. The van der Waals surface area contributed by atoms with Crippen LogP contribution in [0.25, 0.3) is 10.6 Å². The summed E-state index contributed by atoms with van der Waals surface area (Å²) in [6, 6.07) is 8.00. The van der Waals surface area contributed by atoms with Gasteiger partial charge in [0.2, 0.25) is 5.91 Å². The fraction of sp³-hybridized carbons (Fsp3) is 0.560. The highest BCUT2D eigenvalue weighted by Crippen LogP contribution is 2.34. The van der Waals surface area contributed by atoms with Gasteiger partial charge in [0.1, 0.15) is 11.4 Å². The van der Waals surface area contributed by atoms with Crippen molar-refractivity contribution in [2.45, 2.75) is 50.5 Å². The largest absolute Gasteiger partial charge is 0.368 e. The van der Waals surface area contributed by atoms with Crippen molar-refractivity contribution in [1.29, 1.82) is 0 Å². The second-order valence-electron chi connectivity index (χ2n) is 9.47. The Morgan fingerprint density at radius 1 is 0.909 bits per heavy atom. The second kappa shape index (κ2) is 9.43. The molecule has 0 atom stereocenters. The Labute approximate surface area is 199 Å². The predicted molar refractivity (Wildman–Crippen MR) is 131 cm³/mol. The number of hydrogen-bond donors (Lipinski definition) is 1. The number of carbonyl (C=O) groups excluding carboxylic acids is 2. The number of pyridine rings is 1. The van der Waals surface area contributed by atoms with E-state index in [1.54, 1.807) is 11.3 Å². The molecular formula is C25H33N5O2S. The summed E-state index contributed by atoms with van der Waals surface area (Å²) >= 11 is 1.66. The number of hydrogen-bond acceptors (Lipinski definition) is 6. The lowest BCUT2D eigenvalue weighted by atomic mass is 9.83. The van der Waals surface area contributed by atoms with Gasteiger partial charge in [-0.15, -0.1) is 11.3 Å². The molecule has 0 aromatic carbocycles. The van der Waals surface area contributed by atoms with Crippen molar-refractivity contribution in [2.75, 3.05) is 44.2 Å². The SMILES string of the molecule is NC(=O)C1(N2CCCCC2)CCN(C(=O)c2ccc(-c3cccs3)nc2N2CCCC2)CC1. The van der Waals surface area contributed by atoms with E-state index >= 15 is 0 Å². The third kappa shape index (κ3) is 4.26. The number of piperidine rings is 2. The molecule has 5 heterocycles. The normalized spacial score (nSPS) is 21.3. The molecule has 2 amide bonds. The molecule has 3 saturated heterocycles. The summed E-state index contributed by atoms with van der Waals surface area (Å²) in [5.41, 5.74) is 6.91. The maximum absolute atomic E-state index is 13.7. The molecular weight excluding hydrogens is 434 g/mol. The van der Waals surface area contributed by atoms with Gasteiger partial charge < -0.3 is 15.5 Å². The molecule has 0 spiro atoms. The van der Waals surface area contributed by atoms with Crippen LogP contribution in [0.3, 0.4) is 0 Å². The number of anilines is 1. The number of carbonyl (C=O) groups is 2. The van der Waals surface area contributed by atoms with Crippen molar-refractivity contribution >= 4 is 29.0 Å². The van der Waals surface area contributed by atoms with Gasteiger partial charge in [-0.3, -0.25) is 14.5 Å². The van der Waals surface area contributed by atoms with Crippen LogP contribution in [0.2, 0.25) is 0 Å². The van der Waals surface area contributed by atoms with Gasteiger partial charge >= 0.3 is 0 Å². The van der Waals surface area contributed by atoms with Crippen molar-refractivity contribution in [3.05, 3.63) is 35.2 Å². The quantitative estimate of drug-likeness (QED) is 0.729. The van der Waals surface area contributed by atoms with Gasteiger partial charge in [0, 0.05) is 26.2 Å². The van der Waals surface area contributed by atoms with Gasteiger partial charge in [-0.05, 0) is 75.2 Å². The number of nitrogens with two attached hydrogens (primary N) is 1. The third-order valence-electron chi connectivity index (χ3n) is 7.58. The molecule has 176 valence electrons. The number of thiophene rings is 1. The van der Waals surface area contributed by atoms with Crippen molar-refractivity contribution in [1.82, 2.24) is 14.8 Å². The van der Waals surface area contributed by atoms with Gasteiger partial charge in [-0.2, -0.15) is 0 Å². The summed E-state index contributed by atoms with van der Waals surface area (Å²) in [7, 11) is 0. The van der Waals surface area contributed by atoms with E-state index < -0.39 is 5.54 Å². The summed E-state index contributed by atoms with van der Waals surface area (Å²) in [5, 5.41) is 2.05. The highest BCUT2D eigenvalue weighted by molar-refractivity contribution is 7.13. The van der Waals surface area contributed by atoms with E-state index in [4.69, 9.17) is 10.7 Å². The highest BCUT2D eigenvalue weighted by atomic mass is 32.1. The fourth-order valence-corrected chi connectivity index (χ4v) is 6.33. The summed E-state index contributed by atoms with van der Waals surface area (Å²) in [4.78, 5) is 38.7. The van der Waals surface area contributed by atoms with Gasteiger partial charge in [-0.25, -0.2) is 4.98 Å². The van der Waals surface area contributed by atoms with Crippen LogP contribution in [0.15, 0.2) is 29.6 Å².